The van der Waals surface area contributed by atoms with Gasteiger partial charge in [-0.3, -0.25) is 0 Å². The number of aromatic nitrogens is 1. The zero-order chi connectivity index (χ0) is 10.7. The van der Waals surface area contributed by atoms with Crippen molar-refractivity contribution < 1.29 is 0 Å². The van der Waals surface area contributed by atoms with Gasteiger partial charge in [-0.1, -0.05) is 36.7 Å². The molecule has 0 spiro atoms. The Balaban J connectivity index is 2.47. The number of hydrogen-bond acceptors (Lipinski definition) is 1. The number of hydrogen-bond donors (Lipinski definition) is 0. The number of halogens is 1. The van der Waals surface area contributed by atoms with Crippen LogP contribution in [0.4, 0.5) is 0 Å². The van der Waals surface area contributed by atoms with Gasteiger partial charge < -0.3 is 0 Å². The van der Waals surface area contributed by atoms with Crippen LogP contribution in [-0.4, -0.2) is 4.98 Å². The highest BCUT2D eigenvalue weighted by Gasteiger charge is 1.96. The molecule has 0 radical (unpaired) electrons. The van der Waals surface area contributed by atoms with Crippen molar-refractivity contribution in [2.45, 2.75) is 13.3 Å². The summed E-state index contributed by atoms with van der Waals surface area (Å²) < 4.78 is 0. The van der Waals surface area contributed by atoms with Gasteiger partial charge in [0.1, 0.15) is 5.15 Å². The minimum atomic E-state index is 0.541. The van der Waals surface area contributed by atoms with Crippen molar-refractivity contribution in [1.82, 2.24) is 4.98 Å². The van der Waals surface area contributed by atoms with Gasteiger partial charge in [-0.25, -0.2) is 4.98 Å². The topological polar surface area (TPSA) is 12.9 Å². The van der Waals surface area contributed by atoms with E-state index in [-0.39, 0.29) is 0 Å². The molecule has 0 saturated heterocycles. The Morgan fingerprint density at radius 2 is 2.13 bits per heavy atom. The Kier molecular flexibility index (Phi) is 3.02. The molecule has 1 aromatic carbocycles. The molecular weight excluding hydrogens is 206 g/mol. The van der Waals surface area contributed by atoms with Crippen molar-refractivity contribution in [3.63, 3.8) is 0 Å². The molecule has 0 atom stereocenters. The van der Waals surface area contributed by atoms with E-state index in [1.54, 1.807) is 0 Å². The molecule has 1 heterocycles. The van der Waals surface area contributed by atoms with Crippen LogP contribution in [0.2, 0.25) is 5.15 Å². The van der Waals surface area contributed by atoms with Crippen molar-refractivity contribution in [3.8, 4) is 0 Å². The van der Waals surface area contributed by atoms with Crippen LogP contribution in [0.3, 0.4) is 0 Å². The predicted octanol–water partition coefficient (Wildman–Crippen LogP) is 4.31. The van der Waals surface area contributed by atoms with E-state index in [2.05, 4.69) is 36.2 Å². The Morgan fingerprint density at radius 1 is 1.27 bits per heavy atom. The van der Waals surface area contributed by atoms with Crippen molar-refractivity contribution >= 4 is 28.6 Å². The highest BCUT2D eigenvalue weighted by Crippen LogP contribution is 2.17. The first-order valence-electron chi connectivity index (χ1n) is 5.02. The van der Waals surface area contributed by atoms with E-state index in [4.69, 9.17) is 11.6 Å². The lowest BCUT2D eigenvalue weighted by atomic mass is 10.1. The van der Waals surface area contributed by atoms with Gasteiger partial charge in [0.2, 0.25) is 0 Å². The average Bonchev–Trinajstić information content (AvgIpc) is 2.26. The summed E-state index contributed by atoms with van der Waals surface area (Å²) in [6.07, 6.45) is 5.31. The van der Waals surface area contributed by atoms with Crippen molar-refractivity contribution in [2.75, 3.05) is 0 Å². The van der Waals surface area contributed by atoms with Gasteiger partial charge in [0.15, 0.2) is 0 Å². The molecule has 2 heteroatoms. The maximum absolute atomic E-state index is 5.82. The summed E-state index contributed by atoms with van der Waals surface area (Å²) in [5.74, 6) is 0. The third-order valence-electron chi connectivity index (χ3n) is 2.23. The molecule has 0 aliphatic carbocycles. The van der Waals surface area contributed by atoms with Gasteiger partial charge in [0.25, 0.3) is 0 Å². The third-order valence-corrected chi connectivity index (χ3v) is 2.44. The first-order chi connectivity index (χ1) is 7.29. The Morgan fingerprint density at radius 3 is 2.93 bits per heavy atom. The second-order valence-electron chi connectivity index (χ2n) is 3.40. The zero-order valence-electron chi connectivity index (χ0n) is 8.57. The van der Waals surface area contributed by atoms with E-state index in [1.165, 1.54) is 5.56 Å². The minimum absolute atomic E-state index is 0.541. The molecule has 2 aromatic rings. The SMILES string of the molecule is CC/C=C/c1ccc2nc(Cl)ccc2c1. The fourth-order valence-electron chi connectivity index (χ4n) is 1.48. The number of nitrogens with zero attached hydrogens (tertiary/aromatic N) is 1. The molecule has 0 bridgehead atoms. The lowest BCUT2D eigenvalue weighted by Gasteiger charge is -1.99. The van der Waals surface area contributed by atoms with Crippen LogP contribution in [0.25, 0.3) is 17.0 Å². The van der Waals surface area contributed by atoms with Crippen molar-refractivity contribution in [2.24, 2.45) is 0 Å². The number of rotatable bonds is 2. The molecule has 2 rings (SSSR count). The van der Waals surface area contributed by atoms with E-state index in [1.807, 2.05) is 18.2 Å². The molecule has 0 N–H and O–H groups in total. The first kappa shape index (κ1) is 10.2. The van der Waals surface area contributed by atoms with Gasteiger partial charge >= 0.3 is 0 Å². The smallest absolute Gasteiger partial charge is 0.129 e. The van der Waals surface area contributed by atoms with E-state index < -0.39 is 0 Å². The second kappa shape index (κ2) is 4.45. The Bertz CT molecular complexity index is 503. The van der Waals surface area contributed by atoms with Gasteiger partial charge in [0, 0.05) is 5.39 Å². The standard InChI is InChI=1S/C13H12ClN/c1-2-3-4-10-5-7-12-11(9-10)6-8-13(14)15-12/h3-9H,2H2,1H3/b4-3+. The number of fused-ring (bicyclic) bond motifs is 1. The largest absolute Gasteiger partial charge is 0.236 e. The third kappa shape index (κ3) is 2.37. The Labute approximate surface area is 94.4 Å². The molecular formula is C13H12ClN. The molecule has 0 amide bonds. The van der Waals surface area contributed by atoms with E-state index in [0.717, 1.165) is 17.3 Å². The van der Waals surface area contributed by atoms with Crippen molar-refractivity contribution in [1.29, 1.82) is 0 Å². The maximum atomic E-state index is 5.82. The lowest BCUT2D eigenvalue weighted by molar-refractivity contribution is 1.23. The molecule has 0 fully saturated rings. The van der Waals surface area contributed by atoms with E-state index in [0.29, 0.717) is 5.15 Å². The normalized spacial score (nSPS) is 11.3. The highest BCUT2D eigenvalue weighted by molar-refractivity contribution is 6.29. The van der Waals surface area contributed by atoms with Crippen LogP contribution in [0.15, 0.2) is 36.4 Å². The summed E-state index contributed by atoms with van der Waals surface area (Å²) in [5.41, 5.74) is 2.14. The number of allylic oxidation sites excluding steroid dienone is 1. The van der Waals surface area contributed by atoms with Gasteiger partial charge in [-0.2, -0.15) is 0 Å². The maximum Gasteiger partial charge on any atom is 0.129 e. The van der Waals surface area contributed by atoms with Crippen molar-refractivity contribution in [3.05, 3.63) is 47.1 Å². The quantitative estimate of drug-likeness (QED) is 0.683. The van der Waals surface area contributed by atoms with Crippen LogP contribution < -0.4 is 0 Å². The van der Waals surface area contributed by atoms with Crippen LogP contribution >= 0.6 is 11.6 Å². The Hall–Kier alpha value is -1.34. The van der Waals surface area contributed by atoms with Gasteiger partial charge in [-0.15, -0.1) is 0 Å². The van der Waals surface area contributed by atoms with Crippen LogP contribution in [0.1, 0.15) is 18.9 Å². The predicted molar refractivity (Wildman–Crippen MR) is 66.1 cm³/mol. The summed E-state index contributed by atoms with van der Waals surface area (Å²) in [6, 6.07) is 9.98. The fraction of sp³-hybridized carbons (Fsp3) is 0.154. The first-order valence-corrected chi connectivity index (χ1v) is 5.40. The summed E-state index contributed by atoms with van der Waals surface area (Å²) >= 11 is 5.82. The molecule has 1 nitrogen and oxygen atoms in total. The highest BCUT2D eigenvalue weighted by atomic mass is 35.5. The van der Waals surface area contributed by atoms with E-state index >= 15 is 0 Å². The molecule has 0 saturated carbocycles. The minimum Gasteiger partial charge on any atom is -0.236 e. The van der Waals surface area contributed by atoms with Gasteiger partial charge in [-0.05, 0) is 36.2 Å². The fourth-order valence-corrected chi connectivity index (χ4v) is 1.63. The summed E-state index contributed by atoms with van der Waals surface area (Å²) in [5, 5.41) is 1.66. The lowest BCUT2D eigenvalue weighted by Crippen LogP contribution is -1.80. The van der Waals surface area contributed by atoms with Crippen LogP contribution in [0, 0.1) is 0 Å². The summed E-state index contributed by atoms with van der Waals surface area (Å²) in [7, 11) is 0. The molecule has 1 aromatic heterocycles. The molecule has 0 aliphatic heterocycles. The van der Waals surface area contributed by atoms with Gasteiger partial charge in [0.05, 0.1) is 5.52 Å². The number of benzene rings is 1. The van der Waals surface area contributed by atoms with E-state index in [9.17, 15) is 0 Å². The zero-order valence-corrected chi connectivity index (χ0v) is 9.33. The molecule has 15 heavy (non-hydrogen) atoms. The number of pyridine rings is 1. The average molecular weight is 218 g/mol. The molecule has 0 aliphatic rings. The summed E-state index contributed by atoms with van der Waals surface area (Å²) in [4.78, 5) is 4.24. The van der Waals surface area contributed by atoms with Crippen LogP contribution in [0.5, 0.6) is 0 Å². The second-order valence-corrected chi connectivity index (χ2v) is 3.78. The molecule has 76 valence electrons. The monoisotopic (exact) mass is 217 g/mol. The summed E-state index contributed by atoms with van der Waals surface area (Å²) in [6.45, 7) is 2.12. The molecule has 0 unspecified atom stereocenters. The van der Waals surface area contributed by atoms with Crippen LogP contribution in [-0.2, 0) is 0 Å².